The molecule has 0 saturated carbocycles. The third-order valence-electron chi connectivity index (χ3n) is 4.40. The van der Waals surface area contributed by atoms with Gasteiger partial charge in [-0.3, -0.25) is 5.43 Å². The molecule has 0 spiro atoms. The van der Waals surface area contributed by atoms with Crippen molar-refractivity contribution in [3.05, 3.63) is 96.1 Å². The Kier molecular flexibility index (Phi) is 6.31. The average molecular weight is 409 g/mol. The number of rotatable bonds is 1. The number of hydrogen-bond donors (Lipinski definition) is 1. The highest BCUT2D eigenvalue weighted by Crippen LogP contribution is 2.28. The van der Waals surface area contributed by atoms with Crippen LogP contribution >= 0.6 is 0 Å². The van der Waals surface area contributed by atoms with E-state index >= 15 is 0 Å². The van der Waals surface area contributed by atoms with Crippen LogP contribution in [0.5, 0.6) is 11.5 Å². The zero-order valence-corrected chi connectivity index (χ0v) is 16.6. The molecule has 7 nitrogen and oxygen atoms in total. The van der Waals surface area contributed by atoms with Gasteiger partial charge < -0.3 is 9.47 Å². The normalized spacial score (nSPS) is 16.3. The molecule has 0 radical (unpaired) electrons. The lowest BCUT2D eigenvalue weighted by Gasteiger charge is -2.09. The number of hydrogen-bond acceptors (Lipinski definition) is 7. The molecule has 1 heterocycles. The lowest BCUT2D eigenvalue weighted by molar-refractivity contribution is 0.351. The first kappa shape index (κ1) is 19.9. The number of nitriles is 1. The lowest BCUT2D eigenvalue weighted by atomic mass is 10.1. The monoisotopic (exact) mass is 409 g/mol. The molecule has 7 heteroatoms. The van der Waals surface area contributed by atoms with Crippen LogP contribution in [-0.2, 0) is 0 Å². The fourth-order valence-electron chi connectivity index (χ4n) is 2.81. The molecule has 31 heavy (non-hydrogen) atoms. The van der Waals surface area contributed by atoms with Crippen LogP contribution in [0, 0.1) is 11.3 Å². The molecule has 4 rings (SSSR count). The zero-order chi connectivity index (χ0) is 21.3. The molecular formula is C24H19N5O2. The van der Waals surface area contributed by atoms with E-state index in [9.17, 15) is 0 Å². The van der Waals surface area contributed by atoms with Crippen LogP contribution < -0.4 is 14.9 Å². The van der Waals surface area contributed by atoms with Crippen LogP contribution in [0.4, 0.5) is 11.4 Å². The molecule has 0 atom stereocenters. The number of nitrogens with zero attached hydrogens (tertiary/aromatic N) is 4. The lowest BCUT2D eigenvalue weighted by Crippen LogP contribution is -2.03. The van der Waals surface area contributed by atoms with Gasteiger partial charge in [0.25, 0.3) is 0 Å². The fourth-order valence-corrected chi connectivity index (χ4v) is 2.81. The minimum Gasteiger partial charge on any atom is -0.487 e. The molecule has 1 N–H and O–H groups in total. The van der Waals surface area contributed by atoms with Crippen molar-refractivity contribution >= 4 is 17.2 Å². The van der Waals surface area contributed by atoms with Crippen molar-refractivity contribution in [3.8, 4) is 17.6 Å². The second-order valence-corrected chi connectivity index (χ2v) is 6.49. The van der Waals surface area contributed by atoms with Gasteiger partial charge in [0.1, 0.15) is 30.4 Å². The maximum absolute atomic E-state index is 9.07. The van der Waals surface area contributed by atoms with E-state index in [0.717, 1.165) is 0 Å². The van der Waals surface area contributed by atoms with E-state index in [1.807, 2.05) is 60.7 Å². The molecule has 0 fully saturated rings. The van der Waals surface area contributed by atoms with Crippen molar-refractivity contribution in [3.63, 3.8) is 0 Å². The Morgan fingerprint density at radius 1 is 0.774 bits per heavy atom. The Bertz CT molecular complexity index is 1180. The maximum Gasteiger partial charge on any atom is 0.201 e. The summed E-state index contributed by atoms with van der Waals surface area (Å²) in [5.74, 6) is 1.62. The second kappa shape index (κ2) is 9.85. The summed E-state index contributed by atoms with van der Waals surface area (Å²) in [7, 11) is 0. The van der Waals surface area contributed by atoms with E-state index in [4.69, 9.17) is 14.7 Å². The first-order valence-corrected chi connectivity index (χ1v) is 9.68. The van der Waals surface area contributed by atoms with Crippen LogP contribution in [-0.4, -0.2) is 19.0 Å². The number of para-hydroxylation sites is 3. The molecule has 0 saturated heterocycles. The van der Waals surface area contributed by atoms with Crippen molar-refractivity contribution in [1.29, 1.82) is 5.26 Å². The number of ether oxygens (including phenoxy) is 2. The molecule has 0 bridgehead atoms. The minimum atomic E-state index is 0.349. The summed E-state index contributed by atoms with van der Waals surface area (Å²) in [5.41, 5.74) is 5.57. The Labute approximate surface area is 180 Å². The highest BCUT2D eigenvalue weighted by Gasteiger charge is 2.08. The van der Waals surface area contributed by atoms with E-state index in [-0.39, 0.29) is 0 Å². The minimum absolute atomic E-state index is 0.349. The smallest absolute Gasteiger partial charge is 0.201 e. The number of fused-ring (bicyclic) bond motifs is 2. The Balaban J connectivity index is 1.75. The van der Waals surface area contributed by atoms with E-state index in [1.165, 1.54) is 0 Å². The summed E-state index contributed by atoms with van der Waals surface area (Å²) in [6, 6.07) is 24.0. The third-order valence-corrected chi connectivity index (χ3v) is 4.40. The molecule has 1 aliphatic rings. The molecule has 0 unspecified atom stereocenters. The van der Waals surface area contributed by atoms with Gasteiger partial charge in [0.2, 0.25) is 5.84 Å². The van der Waals surface area contributed by atoms with Crippen LogP contribution in [0.25, 0.3) is 0 Å². The van der Waals surface area contributed by atoms with Gasteiger partial charge in [0, 0.05) is 5.56 Å². The molecular weight excluding hydrogens is 390 g/mol. The molecule has 3 aromatic carbocycles. The fraction of sp³-hybridized carbons (Fsp3) is 0.0833. The number of amidine groups is 1. The van der Waals surface area contributed by atoms with Gasteiger partial charge in [-0.2, -0.15) is 10.4 Å². The van der Waals surface area contributed by atoms with Crippen molar-refractivity contribution in [2.45, 2.75) is 0 Å². The number of azo groups is 1. The number of anilines is 1. The van der Waals surface area contributed by atoms with Crippen LogP contribution in [0.2, 0.25) is 0 Å². The van der Waals surface area contributed by atoms with Crippen molar-refractivity contribution in [1.82, 2.24) is 0 Å². The second-order valence-electron chi connectivity index (χ2n) is 6.49. The summed E-state index contributed by atoms with van der Waals surface area (Å²) in [6.45, 7) is 0.775. The number of benzene rings is 3. The van der Waals surface area contributed by atoms with Crippen LogP contribution in [0.1, 0.15) is 11.1 Å². The van der Waals surface area contributed by atoms with Gasteiger partial charge in [-0.25, -0.2) is 0 Å². The van der Waals surface area contributed by atoms with Gasteiger partial charge >= 0.3 is 0 Å². The highest BCUT2D eigenvalue weighted by atomic mass is 16.5. The average Bonchev–Trinajstić information content (AvgIpc) is 2.83. The van der Waals surface area contributed by atoms with E-state index in [1.54, 1.807) is 24.3 Å². The van der Waals surface area contributed by atoms with Crippen molar-refractivity contribution in [2.24, 2.45) is 15.3 Å². The summed E-state index contributed by atoms with van der Waals surface area (Å²) < 4.78 is 11.7. The van der Waals surface area contributed by atoms with Crippen molar-refractivity contribution in [2.75, 3.05) is 18.6 Å². The molecule has 1 aliphatic heterocycles. The number of hydrazone groups is 1. The van der Waals surface area contributed by atoms with Crippen molar-refractivity contribution < 1.29 is 9.47 Å². The Morgan fingerprint density at radius 3 is 2.23 bits per heavy atom. The topological polar surface area (TPSA) is 91.4 Å². The van der Waals surface area contributed by atoms with Crippen LogP contribution in [0.15, 0.2) is 100 Å². The van der Waals surface area contributed by atoms with Gasteiger partial charge in [0.15, 0.2) is 0 Å². The Hall–Kier alpha value is -4.44. The Morgan fingerprint density at radius 2 is 1.45 bits per heavy atom. The van der Waals surface area contributed by atoms with Gasteiger partial charge in [-0.05, 0) is 60.7 Å². The summed E-state index contributed by atoms with van der Waals surface area (Å²) in [5, 5.41) is 22.3. The SMILES string of the molecule is N#Cc1ccc(/C2=N/Nc3ccccc3OC/C=C/COc3ccccc3N=N2)cc1. The highest BCUT2D eigenvalue weighted by molar-refractivity contribution is 5.99. The first-order chi connectivity index (χ1) is 15.3. The summed E-state index contributed by atoms with van der Waals surface area (Å²) in [6.07, 6.45) is 3.79. The summed E-state index contributed by atoms with van der Waals surface area (Å²) in [4.78, 5) is 0. The van der Waals surface area contributed by atoms with E-state index in [0.29, 0.717) is 53.1 Å². The third kappa shape index (κ3) is 5.14. The van der Waals surface area contributed by atoms with Gasteiger partial charge in [0.05, 0.1) is 17.3 Å². The molecule has 3 aromatic rings. The van der Waals surface area contributed by atoms with Crippen LogP contribution in [0.3, 0.4) is 0 Å². The quantitative estimate of drug-likeness (QED) is 0.542. The summed E-state index contributed by atoms with van der Waals surface area (Å²) >= 11 is 0. The predicted octanol–water partition coefficient (Wildman–Crippen LogP) is 5.44. The first-order valence-electron chi connectivity index (χ1n) is 9.68. The van der Waals surface area contributed by atoms with E-state index in [2.05, 4.69) is 26.8 Å². The molecule has 152 valence electrons. The molecule has 0 amide bonds. The maximum atomic E-state index is 9.07. The molecule has 0 aliphatic carbocycles. The van der Waals surface area contributed by atoms with Gasteiger partial charge in [-0.1, -0.05) is 24.3 Å². The standard InChI is InChI=1S/C24H19N5O2/c25-17-18-11-13-19(14-12-18)24-28-26-20-7-1-3-9-22(20)30-15-5-6-16-31-23-10-4-2-8-21(23)27-29-24/h1-14,26H,15-16H2/b6-5+,28-24-,29-27?. The molecule has 0 aromatic heterocycles. The van der Waals surface area contributed by atoms with E-state index < -0.39 is 0 Å². The zero-order valence-electron chi connectivity index (χ0n) is 16.6. The largest absolute Gasteiger partial charge is 0.487 e. The van der Waals surface area contributed by atoms with Gasteiger partial charge in [-0.15, -0.1) is 10.2 Å². The number of nitrogens with one attached hydrogen (secondary N) is 1. The predicted molar refractivity (Wildman–Crippen MR) is 119 cm³/mol.